The van der Waals surface area contributed by atoms with Crippen LogP contribution in [0.5, 0.6) is 0 Å². The molecule has 0 aliphatic rings. The second-order valence-electron chi connectivity index (χ2n) is 5.76. The molecule has 0 saturated heterocycles. The summed E-state index contributed by atoms with van der Waals surface area (Å²) in [6.45, 7) is 5.88. The molecule has 0 fully saturated rings. The number of amides is 1. The minimum absolute atomic E-state index is 0.362. The van der Waals surface area contributed by atoms with Gasteiger partial charge in [-0.25, -0.2) is 5.43 Å². The van der Waals surface area contributed by atoms with E-state index < -0.39 is 0 Å². The Kier molecular flexibility index (Phi) is 4.76. The summed E-state index contributed by atoms with van der Waals surface area (Å²) in [6, 6.07) is 13.0. The average molecular weight is 356 g/mol. The number of aromatic nitrogens is 1. The van der Waals surface area contributed by atoms with E-state index in [1.807, 2.05) is 45.0 Å². The number of hydrogen-bond donors (Lipinski definition) is 1. The third-order valence-corrected chi connectivity index (χ3v) is 4.16. The number of nitrogens with one attached hydrogen (secondary N) is 1. The molecule has 5 nitrogen and oxygen atoms in total. The molecule has 1 aromatic carbocycles. The maximum Gasteiger partial charge on any atom is 0.272 e. The zero-order valence-corrected chi connectivity index (χ0v) is 15.0. The summed E-state index contributed by atoms with van der Waals surface area (Å²) in [5, 5.41) is 4.26. The van der Waals surface area contributed by atoms with Gasteiger partial charge in [-0.05, 0) is 63.2 Å². The average Bonchev–Trinajstić information content (AvgIpc) is 3.12. The van der Waals surface area contributed by atoms with Gasteiger partial charge in [-0.2, -0.15) is 5.10 Å². The van der Waals surface area contributed by atoms with Crippen molar-refractivity contribution in [3.05, 3.63) is 76.0 Å². The summed E-state index contributed by atoms with van der Waals surface area (Å²) < 4.78 is 7.42. The van der Waals surface area contributed by atoms with Gasteiger partial charge in [0.2, 0.25) is 0 Å². The Labute approximate surface area is 150 Å². The minimum Gasteiger partial charge on any atom is -0.460 e. The number of rotatable bonds is 4. The van der Waals surface area contributed by atoms with Gasteiger partial charge in [0.15, 0.2) is 0 Å². The highest BCUT2D eigenvalue weighted by Gasteiger charge is 2.12. The Bertz CT molecular complexity index is 934. The first-order valence-corrected chi connectivity index (χ1v) is 8.18. The topological polar surface area (TPSA) is 59.5 Å². The quantitative estimate of drug-likeness (QED) is 0.556. The lowest BCUT2D eigenvalue weighted by atomic mass is 10.2. The second-order valence-corrected chi connectivity index (χ2v) is 6.17. The van der Waals surface area contributed by atoms with Gasteiger partial charge in [0.25, 0.3) is 5.91 Å². The Morgan fingerprint density at radius 2 is 1.84 bits per heavy atom. The van der Waals surface area contributed by atoms with E-state index in [2.05, 4.69) is 15.1 Å². The molecule has 1 amide bonds. The van der Waals surface area contributed by atoms with Crippen molar-refractivity contribution in [1.29, 1.82) is 0 Å². The van der Waals surface area contributed by atoms with Gasteiger partial charge < -0.3 is 8.98 Å². The highest BCUT2D eigenvalue weighted by molar-refractivity contribution is 6.34. The zero-order valence-electron chi connectivity index (χ0n) is 14.2. The third-order valence-electron chi connectivity index (χ3n) is 3.85. The molecule has 3 aromatic rings. The van der Waals surface area contributed by atoms with Gasteiger partial charge in [-0.15, -0.1) is 0 Å². The van der Waals surface area contributed by atoms with Crippen LogP contribution in [0.2, 0.25) is 5.02 Å². The van der Waals surface area contributed by atoms with Gasteiger partial charge in [-0.3, -0.25) is 4.79 Å². The van der Waals surface area contributed by atoms with Crippen LogP contribution in [0, 0.1) is 20.8 Å². The lowest BCUT2D eigenvalue weighted by molar-refractivity contribution is 0.0955. The molecule has 0 aliphatic carbocycles. The van der Waals surface area contributed by atoms with Crippen LogP contribution in [0.15, 0.2) is 52.0 Å². The lowest BCUT2D eigenvalue weighted by Crippen LogP contribution is -2.18. The van der Waals surface area contributed by atoms with Crippen molar-refractivity contribution in [1.82, 2.24) is 9.99 Å². The van der Waals surface area contributed by atoms with Crippen molar-refractivity contribution >= 4 is 23.7 Å². The third kappa shape index (κ3) is 3.67. The number of carbonyl (C=O) groups is 1. The number of aryl methyl sites for hydroxylation is 3. The molecular weight excluding hydrogens is 338 g/mol. The smallest absolute Gasteiger partial charge is 0.272 e. The van der Waals surface area contributed by atoms with Gasteiger partial charge >= 0.3 is 0 Å². The molecule has 2 aromatic heterocycles. The number of benzene rings is 1. The largest absolute Gasteiger partial charge is 0.460 e. The molecular formula is C19H18ClN3O2. The lowest BCUT2D eigenvalue weighted by Gasteiger charge is -2.11. The fourth-order valence-electron chi connectivity index (χ4n) is 2.64. The molecule has 0 saturated carbocycles. The summed E-state index contributed by atoms with van der Waals surface area (Å²) in [5.74, 6) is 0.969. The van der Waals surface area contributed by atoms with Crippen molar-refractivity contribution in [3.8, 4) is 5.69 Å². The summed E-state index contributed by atoms with van der Waals surface area (Å²) in [7, 11) is 0. The van der Waals surface area contributed by atoms with E-state index >= 15 is 0 Å². The Balaban J connectivity index is 1.76. The molecule has 1 N–H and O–H groups in total. The number of hydrazone groups is 1. The fraction of sp³-hybridized carbons (Fsp3) is 0.158. The number of nitrogens with zero attached hydrogens (tertiary/aromatic N) is 2. The molecule has 2 heterocycles. The van der Waals surface area contributed by atoms with E-state index in [0.29, 0.717) is 16.3 Å². The van der Waals surface area contributed by atoms with Gasteiger partial charge in [-0.1, -0.05) is 11.6 Å². The normalized spacial score (nSPS) is 11.2. The predicted molar refractivity (Wildman–Crippen MR) is 98.8 cm³/mol. The first kappa shape index (κ1) is 17.0. The molecule has 128 valence electrons. The molecule has 0 bridgehead atoms. The maximum atomic E-state index is 12.2. The van der Waals surface area contributed by atoms with Crippen LogP contribution in [0.1, 0.15) is 33.3 Å². The number of furan rings is 1. The van der Waals surface area contributed by atoms with E-state index in [-0.39, 0.29) is 5.91 Å². The highest BCUT2D eigenvalue weighted by Crippen LogP contribution is 2.23. The van der Waals surface area contributed by atoms with E-state index in [4.69, 9.17) is 16.0 Å². The van der Waals surface area contributed by atoms with Crippen molar-refractivity contribution in [2.75, 3.05) is 0 Å². The van der Waals surface area contributed by atoms with Crippen LogP contribution >= 0.6 is 11.6 Å². The van der Waals surface area contributed by atoms with Crippen LogP contribution in [0.25, 0.3) is 5.69 Å². The molecule has 25 heavy (non-hydrogen) atoms. The van der Waals surface area contributed by atoms with Gasteiger partial charge in [0, 0.05) is 17.1 Å². The minimum atomic E-state index is -0.378. The highest BCUT2D eigenvalue weighted by atomic mass is 35.5. The van der Waals surface area contributed by atoms with E-state index in [9.17, 15) is 4.79 Å². The molecule has 0 atom stereocenters. The first-order valence-electron chi connectivity index (χ1n) is 7.80. The van der Waals surface area contributed by atoms with Crippen molar-refractivity contribution in [3.63, 3.8) is 0 Å². The second kappa shape index (κ2) is 6.99. The number of halogens is 1. The SMILES string of the molecule is Cc1ccc(/C=N\NC(=O)c2ccc(-n3c(C)ccc3C)cc2Cl)o1. The molecule has 0 spiro atoms. The van der Waals surface area contributed by atoms with Crippen molar-refractivity contribution in [2.24, 2.45) is 5.10 Å². The van der Waals surface area contributed by atoms with Crippen molar-refractivity contribution in [2.45, 2.75) is 20.8 Å². The van der Waals surface area contributed by atoms with E-state index in [1.165, 1.54) is 6.21 Å². The number of hydrogen-bond acceptors (Lipinski definition) is 3. The molecule has 3 rings (SSSR count). The van der Waals surface area contributed by atoms with Crippen LogP contribution in [0.3, 0.4) is 0 Å². The first-order chi connectivity index (χ1) is 12.0. The van der Waals surface area contributed by atoms with Crippen LogP contribution in [0.4, 0.5) is 0 Å². The molecule has 0 unspecified atom stereocenters. The summed E-state index contributed by atoms with van der Waals surface area (Å²) in [6.07, 6.45) is 1.44. The van der Waals surface area contributed by atoms with Gasteiger partial charge in [0.1, 0.15) is 11.5 Å². The van der Waals surface area contributed by atoms with Crippen LogP contribution < -0.4 is 5.43 Å². The predicted octanol–water partition coefficient (Wildman–Crippen LogP) is 4.41. The van der Waals surface area contributed by atoms with Crippen LogP contribution in [-0.2, 0) is 0 Å². The van der Waals surface area contributed by atoms with Crippen molar-refractivity contribution < 1.29 is 9.21 Å². The Morgan fingerprint density at radius 3 is 2.44 bits per heavy atom. The summed E-state index contributed by atoms with van der Waals surface area (Å²) >= 11 is 6.30. The monoisotopic (exact) mass is 355 g/mol. The number of carbonyl (C=O) groups excluding carboxylic acids is 1. The van der Waals surface area contributed by atoms with E-state index in [0.717, 1.165) is 22.8 Å². The van der Waals surface area contributed by atoms with Gasteiger partial charge in [0.05, 0.1) is 16.8 Å². The molecule has 0 aliphatic heterocycles. The Morgan fingerprint density at radius 1 is 1.12 bits per heavy atom. The van der Waals surface area contributed by atoms with E-state index in [1.54, 1.807) is 18.2 Å². The standard InChI is InChI=1S/C19H18ClN3O2/c1-12-4-5-13(2)23(12)15-7-9-17(18(20)10-15)19(24)22-21-11-16-8-6-14(3)25-16/h4-11H,1-3H3,(H,22,24)/b21-11-. The molecule has 0 radical (unpaired) electrons. The maximum absolute atomic E-state index is 12.2. The van der Waals surface area contributed by atoms with Crippen LogP contribution in [-0.4, -0.2) is 16.7 Å². The summed E-state index contributed by atoms with van der Waals surface area (Å²) in [4.78, 5) is 12.2. The fourth-order valence-corrected chi connectivity index (χ4v) is 2.90. The zero-order chi connectivity index (χ0) is 18.0. The Hall–Kier alpha value is -2.79. The summed E-state index contributed by atoms with van der Waals surface area (Å²) in [5.41, 5.74) is 5.93. The molecule has 6 heteroatoms.